The van der Waals surface area contributed by atoms with Gasteiger partial charge in [-0.3, -0.25) is 4.40 Å². The van der Waals surface area contributed by atoms with E-state index in [0.717, 1.165) is 60.0 Å². The van der Waals surface area contributed by atoms with E-state index < -0.39 is 0 Å². The Bertz CT molecular complexity index is 1040. The topological polar surface area (TPSA) is 59.5 Å². The van der Waals surface area contributed by atoms with E-state index >= 15 is 0 Å². The summed E-state index contributed by atoms with van der Waals surface area (Å²) in [5.41, 5.74) is 3.92. The summed E-state index contributed by atoms with van der Waals surface area (Å²) in [4.78, 5) is 7.12. The van der Waals surface area contributed by atoms with Gasteiger partial charge in [-0.1, -0.05) is 18.2 Å². The van der Waals surface area contributed by atoms with Gasteiger partial charge in [0.1, 0.15) is 17.7 Å². The number of nitrogens with zero attached hydrogens (tertiary/aromatic N) is 5. The summed E-state index contributed by atoms with van der Waals surface area (Å²) in [5, 5.41) is 8.14. The smallest absolute Gasteiger partial charge is 0.198 e. The van der Waals surface area contributed by atoms with Crippen molar-refractivity contribution in [1.82, 2.24) is 19.6 Å². The van der Waals surface area contributed by atoms with E-state index in [0.29, 0.717) is 5.92 Å². The normalized spacial score (nSPS) is 16.1. The molecule has 5 rings (SSSR count). The number of hydrogen-bond acceptors (Lipinski definition) is 5. The monoisotopic (exact) mass is 333 g/mol. The molecule has 126 valence electrons. The molecule has 1 aliphatic rings. The average molecular weight is 333 g/mol. The molecule has 1 saturated heterocycles. The maximum Gasteiger partial charge on any atom is 0.198 e. The molecule has 0 saturated carbocycles. The second kappa shape index (κ2) is 5.58. The van der Waals surface area contributed by atoms with E-state index in [2.05, 4.69) is 34.2 Å². The molecule has 6 heteroatoms. The van der Waals surface area contributed by atoms with Crippen molar-refractivity contribution >= 4 is 22.6 Å². The van der Waals surface area contributed by atoms with Gasteiger partial charge in [0, 0.05) is 19.0 Å². The van der Waals surface area contributed by atoms with Gasteiger partial charge in [-0.05, 0) is 43.5 Å². The fourth-order valence-corrected chi connectivity index (χ4v) is 3.73. The Morgan fingerprint density at radius 2 is 1.92 bits per heavy atom. The summed E-state index contributed by atoms with van der Waals surface area (Å²) in [6.45, 7) is 4.01. The highest BCUT2D eigenvalue weighted by Crippen LogP contribution is 2.32. The Hall–Kier alpha value is -2.89. The van der Waals surface area contributed by atoms with Crippen LogP contribution in [-0.2, 0) is 0 Å². The van der Waals surface area contributed by atoms with Crippen LogP contribution in [0.15, 0.2) is 47.1 Å². The molecule has 3 aromatic heterocycles. The Morgan fingerprint density at radius 1 is 1.08 bits per heavy atom. The van der Waals surface area contributed by atoms with Crippen molar-refractivity contribution in [3.05, 3.63) is 54.2 Å². The van der Waals surface area contributed by atoms with Crippen molar-refractivity contribution in [1.29, 1.82) is 0 Å². The molecule has 0 radical (unpaired) electrons. The third kappa shape index (κ3) is 2.36. The van der Waals surface area contributed by atoms with E-state index in [9.17, 15) is 0 Å². The molecule has 0 spiro atoms. The van der Waals surface area contributed by atoms with Crippen LogP contribution in [0, 0.1) is 6.92 Å². The molecule has 6 nitrogen and oxygen atoms in total. The number of benzene rings is 1. The highest BCUT2D eigenvalue weighted by molar-refractivity contribution is 5.76. The molecule has 0 N–H and O–H groups in total. The Kier molecular flexibility index (Phi) is 3.23. The van der Waals surface area contributed by atoms with E-state index in [1.165, 1.54) is 0 Å². The number of fused-ring (bicyclic) bond motifs is 2. The minimum absolute atomic E-state index is 0.378. The molecule has 0 unspecified atom stereocenters. The largest absolute Gasteiger partial charge is 0.440 e. The van der Waals surface area contributed by atoms with Gasteiger partial charge in [0.15, 0.2) is 17.1 Å². The van der Waals surface area contributed by atoms with Crippen LogP contribution in [0.4, 0.5) is 5.82 Å². The molecular formula is C19H19N5O. The van der Waals surface area contributed by atoms with Crippen LogP contribution in [0.2, 0.25) is 0 Å². The number of oxazole rings is 1. The predicted molar refractivity (Wildman–Crippen MR) is 95.9 cm³/mol. The molecule has 0 amide bonds. The second-order valence-electron chi connectivity index (χ2n) is 6.68. The standard InChI is InChI=1S/C19H19N5O/c1-13-4-2-5-15-18(13)25-19(21-15)14-8-10-23(11-9-14)17-7-3-6-16-22-20-12-24(16)17/h2-7,12,14H,8-11H2,1H3. The van der Waals surface area contributed by atoms with Gasteiger partial charge in [0.25, 0.3) is 0 Å². The van der Waals surface area contributed by atoms with E-state index in [-0.39, 0.29) is 0 Å². The van der Waals surface area contributed by atoms with Crippen molar-refractivity contribution in [3.63, 3.8) is 0 Å². The quantitative estimate of drug-likeness (QED) is 0.561. The predicted octanol–water partition coefficient (Wildman–Crippen LogP) is 3.56. The minimum atomic E-state index is 0.378. The maximum atomic E-state index is 6.08. The Morgan fingerprint density at radius 3 is 2.76 bits per heavy atom. The van der Waals surface area contributed by atoms with Crippen LogP contribution in [0.25, 0.3) is 16.7 Å². The SMILES string of the molecule is Cc1cccc2nc(C3CCN(c4cccc5nncn45)CC3)oc12. The Balaban J connectivity index is 1.38. The molecule has 1 aliphatic heterocycles. The van der Waals surface area contributed by atoms with Crippen LogP contribution < -0.4 is 4.90 Å². The summed E-state index contributed by atoms with van der Waals surface area (Å²) in [5.74, 6) is 2.41. The third-order valence-corrected chi connectivity index (χ3v) is 5.11. The lowest BCUT2D eigenvalue weighted by molar-refractivity contribution is 0.405. The highest BCUT2D eigenvalue weighted by atomic mass is 16.3. The van der Waals surface area contributed by atoms with Crippen LogP contribution in [0.1, 0.15) is 30.2 Å². The fraction of sp³-hybridized carbons (Fsp3) is 0.316. The van der Waals surface area contributed by atoms with Crippen molar-refractivity contribution in [2.45, 2.75) is 25.7 Å². The number of aryl methyl sites for hydroxylation is 1. The zero-order valence-corrected chi connectivity index (χ0v) is 14.1. The van der Waals surface area contributed by atoms with Crippen molar-refractivity contribution in [2.75, 3.05) is 18.0 Å². The lowest BCUT2D eigenvalue weighted by Crippen LogP contribution is -2.34. The Labute approximate surface area is 145 Å². The van der Waals surface area contributed by atoms with Crippen LogP contribution >= 0.6 is 0 Å². The number of hydrogen-bond donors (Lipinski definition) is 0. The summed E-state index contributed by atoms with van der Waals surface area (Å²) < 4.78 is 8.13. The molecule has 1 fully saturated rings. The van der Waals surface area contributed by atoms with Gasteiger partial charge in [0.05, 0.1) is 0 Å². The van der Waals surface area contributed by atoms with Crippen molar-refractivity contribution < 1.29 is 4.42 Å². The molecule has 0 aliphatic carbocycles. The zero-order chi connectivity index (χ0) is 16.8. The second-order valence-corrected chi connectivity index (χ2v) is 6.68. The number of anilines is 1. The van der Waals surface area contributed by atoms with Gasteiger partial charge >= 0.3 is 0 Å². The molecule has 0 atom stereocenters. The first-order chi connectivity index (χ1) is 12.3. The number of aromatic nitrogens is 4. The first kappa shape index (κ1) is 14.5. The summed E-state index contributed by atoms with van der Waals surface area (Å²) in [6.07, 6.45) is 3.84. The average Bonchev–Trinajstić information content (AvgIpc) is 3.29. The fourth-order valence-electron chi connectivity index (χ4n) is 3.73. The van der Waals surface area contributed by atoms with Gasteiger partial charge in [-0.2, -0.15) is 0 Å². The van der Waals surface area contributed by atoms with Crippen LogP contribution in [-0.4, -0.2) is 32.7 Å². The van der Waals surface area contributed by atoms with Crippen LogP contribution in [0.5, 0.6) is 0 Å². The minimum Gasteiger partial charge on any atom is -0.440 e. The first-order valence-corrected chi connectivity index (χ1v) is 8.69. The van der Waals surface area contributed by atoms with Gasteiger partial charge in [0.2, 0.25) is 0 Å². The zero-order valence-electron chi connectivity index (χ0n) is 14.1. The number of rotatable bonds is 2. The van der Waals surface area contributed by atoms with E-state index in [1.54, 1.807) is 6.33 Å². The first-order valence-electron chi connectivity index (χ1n) is 8.69. The molecule has 4 aromatic rings. The lowest BCUT2D eigenvalue weighted by atomic mass is 9.97. The van der Waals surface area contributed by atoms with Gasteiger partial charge in [-0.25, -0.2) is 4.98 Å². The number of para-hydroxylation sites is 1. The summed E-state index contributed by atoms with van der Waals surface area (Å²) >= 11 is 0. The number of piperidine rings is 1. The third-order valence-electron chi connectivity index (χ3n) is 5.11. The summed E-state index contributed by atoms with van der Waals surface area (Å²) in [6, 6.07) is 12.3. The van der Waals surface area contributed by atoms with Gasteiger partial charge in [-0.15, -0.1) is 10.2 Å². The summed E-state index contributed by atoms with van der Waals surface area (Å²) in [7, 11) is 0. The lowest BCUT2D eigenvalue weighted by Gasteiger charge is -2.32. The number of pyridine rings is 1. The molecule has 1 aromatic carbocycles. The molecule has 0 bridgehead atoms. The van der Waals surface area contributed by atoms with Crippen LogP contribution in [0.3, 0.4) is 0 Å². The highest BCUT2D eigenvalue weighted by Gasteiger charge is 2.26. The van der Waals surface area contributed by atoms with Crippen molar-refractivity contribution in [3.8, 4) is 0 Å². The van der Waals surface area contributed by atoms with Gasteiger partial charge < -0.3 is 9.32 Å². The maximum absolute atomic E-state index is 6.08. The van der Waals surface area contributed by atoms with Crippen molar-refractivity contribution in [2.24, 2.45) is 0 Å². The molecular weight excluding hydrogens is 314 g/mol. The molecule has 25 heavy (non-hydrogen) atoms. The molecule has 4 heterocycles. The van der Waals surface area contributed by atoms with E-state index in [1.807, 2.05) is 28.7 Å². The van der Waals surface area contributed by atoms with E-state index in [4.69, 9.17) is 9.40 Å².